The average molecular weight is 440 g/mol. The molecule has 0 unspecified atom stereocenters. The molecule has 1 N–H and O–H groups in total. The molecule has 1 aliphatic heterocycles. The predicted octanol–water partition coefficient (Wildman–Crippen LogP) is 4.79. The van der Waals surface area contributed by atoms with E-state index in [1.165, 1.54) is 11.1 Å². The van der Waals surface area contributed by atoms with Crippen molar-refractivity contribution in [3.8, 4) is 11.3 Å². The van der Waals surface area contributed by atoms with Crippen LogP contribution in [0, 0.1) is 6.92 Å². The molecule has 1 fully saturated rings. The summed E-state index contributed by atoms with van der Waals surface area (Å²) in [7, 11) is 0. The monoisotopic (exact) mass is 439 g/mol. The molecule has 1 aliphatic rings. The van der Waals surface area contributed by atoms with Crippen LogP contribution >= 0.6 is 0 Å². The van der Waals surface area contributed by atoms with Crippen molar-refractivity contribution in [2.45, 2.75) is 20.0 Å². The smallest absolute Gasteiger partial charge is 0.180 e. The molecule has 5 rings (SSSR count). The maximum absolute atomic E-state index is 5.46. The first-order chi connectivity index (χ1) is 16.2. The summed E-state index contributed by atoms with van der Waals surface area (Å²) >= 11 is 0. The molecule has 6 heteroatoms. The Labute approximate surface area is 194 Å². The van der Waals surface area contributed by atoms with E-state index in [1.807, 2.05) is 25.4 Å². The Morgan fingerprint density at radius 1 is 1.09 bits per heavy atom. The van der Waals surface area contributed by atoms with Crippen LogP contribution < -0.4 is 5.32 Å². The van der Waals surface area contributed by atoms with Crippen LogP contribution in [0.3, 0.4) is 0 Å². The fourth-order valence-corrected chi connectivity index (χ4v) is 4.38. The highest BCUT2D eigenvalue weighted by atomic mass is 16.5. The quantitative estimate of drug-likeness (QED) is 0.449. The molecule has 0 saturated carbocycles. The molecule has 0 bridgehead atoms. The summed E-state index contributed by atoms with van der Waals surface area (Å²) in [5.41, 5.74) is 7.67. The third kappa shape index (κ3) is 4.67. The van der Waals surface area contributed by atoms with Gasteiger partial charge in [-0.1, -0.05) is 61.2 Å². The van der Waals surface area contributed by atoms with Crippen LogP contribution in [-0.4, -0.2) is 45.6 Å². The molecule has 4 aromatic rings. The summed E-state index contributed by atoms with van der Waals surface area (Å²) in [6, 6.07) is 17.1. The van der Waals surface area contributed by atoms with E-state index in [-0.39, 0.29) is 0 Å². The fourth-order valence-electron chi connectivity index (χ4n) is 4.38. The average Bonchev–Trinajstić information content (AvgIpc) is 3.20. The number of ether oxygens (including phenoxy) is 1. The van der Waals surface area contributed by atoms with E-state index in [1.54, 1.807) is 0 Å². The predicted molar refractivity (Wildman–Crippen MR) is 133 cm³/mol. The van der Waals surface area contributed by atoms with Crippen molar-refractivity contribution in [1.82, 2.24) is 19.3 Å². The lowest BCUT2D eigenvalue weighted by atomic mass is 10.1. The summed E-state index contributed by atoms with van der Waals surface area (Å²) < 4.78 is 7.58. The van der Waals surface area contributed by atoms with E-state index in [2.05, 4.69) is 74.7 Å². The second kappa shape index (κ2) is 9.57. The number of hydrogen-bond acceptors (Lipinski definition) is 5. The minimum atomic E-state index is 0.693. The van der Waals surface area contributed by atoms with Gasteiger partial charge in [-0.25, -0.2) is 9.97 Å². The lowest BCUT2D eigenvalue weighted by Gasteiger charge is -2.26. The van der Waals surface area contributed by atoms with Crippen LogP contribution in [0.4, 0.5) is 5.82 Å². The number of aryl methyl sites for hydroxylation is 1. The van der Waals surface area contributed by atoms with Crippen LogP contribution in [0.2, 0.25) is 0 Å². The van der Waals surface area contributed by atoms with Crippen LogP contribution in [-0.2, 0) is 17.8 Å². The third-order valence-corrected chi connectivity index (χ3v) is 6.10. The standard InChI is InChI=1S/C27H29N5O/c1-3-21-7-9-24(10-8-21)25-20(2)30-27-26(28-11-12-32(25)27)29-18-22-5-4-6-23(17-22)19-31-13-15-33-16-14-31/h3-12,17H,1,13-16,18-19H2,2H3,(H,28,29). The Balaban J connectivity index is 1.35. The fraction of sp³-hybridized carbons (Fsp3) is 0.259. The first-order valence-electron chi connectivity index (χ1n) is 11.4. The van der Waals surface area contributed by atoms with Gasteiger partial charge in [0.05, 0.1) is 24.6 Å². The van der Waals surface area contributed by atoms with Gasteiger partial charge in [0.2, 0.25) is 0 Å². The summed E-state index contributed by atoms with van der Waals surface area (Å²) in [6.45, 7) is 11.2. The van der Waals surface area contributed by atoms with Crippen molar-refractivity contribution in [2.75, 3.05) is 31.6 Å². The van der Waals surface area contributed by atoms with Gasteiger partial charge < -0.3 is 10.1 Å². The first-order valence-corrected chi connectivity index (χ1v) is 11.4. The van der Waals surface area contributed by atoms with Crippen LogP contribution in [0.15, 0.2) is 67.5 Å². The number of hydrogen-bond donors (Lipinski definition) is 1. The van der Waals surface area contributed by atoms with Gasteiger partial charge >= 0.3 is 0 Å². The molecular formula is C27H29N5O. The number of nitrogens with one attached hydrogen (secondary N) is 1. The summed E-state index contributed by atoms with van der Waals surface area (Å²) in [4.78, 5) is 11.9. The highest BCUT2D eigenvalue weighted by Gasteiger charge is 2.15. The molecule has 0 amide bonds. The number of morpholine rings is 1. The van der Waals surface area contributed by atoms with Crippen LogP contribution in [0.25, 0.3) is 23.0 Å². The maximum Gasteiger partial charge on any atom is 0.180 e. The molecule has 0 spiro atoms. The third-order valence-electron chi connectivity index (χ3n) is 6.10. The van der Waals surface area contributed by atoms with Crippen molar-refractivity contribution in [1.29, 1.82) is 0 Å². The molecule has 33 heavy (non-hydrogen) atoms. The molecule has 168 valence electrons. The van der Waals surface area contributed by atoms with Gasteiger partial charge in [0.1, 0.15) is 0 Å². The van der Waals surface area contributed by atoms with E-state index in [0.29, 0.717) is 6.54 Å². The number of anilines is 1. The Morgan fingerprint density at radius 3 is 2.67 bits per heavy atom. The zero-order chi connectivity index (χ0) is 22.6. The molecule has 0 radical (unpaired) electrons. The normalized spacial score (nSPS) is 14.5. The van der Waals surface area contributed by atoms with Crippen molar-refractivity contribution >= 4 is 17.5 Å². The van der Waals surface area contributed by atoms with E-state index in [9.17, 15) is 0 Å². The number of rotatable bonds is 7. The summed E-state index contributed by atoms with van der Waals surface area (Å²) in [5.74, 6) is 0.785. The van der Waals surface area contributed by atoms with E-state index in [4.69, 9.17) is 9.72 Å². The van der Waals surface area contributed by atoms with E-state index >= 15 is 0 Å². The second-order valence-electron chi connectivity index (χ2n) is 8.40. The molecule has 0 aliphatic carbocycles. The van der Waals surface area contributed by atoms with Gasteiger partial charge in [0, 0.05) is 44.1 Å². The summed E-state index contributed by atoms with van der Waals surface area (Å²) in [6.07, 6.45) is 5.65. The number of fused-ring (bicyclic) bond motifs is 1. The first kappa shape index (κ1) is 21.4. The molecule has 1 saturated heterocycles. The highest BCUT2D eigenvalue weighted by Crippen LogP contribution is 2.27. The number of nitrogens with zero attached hydrogens (tertiary/aromatic N) is 4. The maximum atomic E-state index is 5.46. The van der Waals surface area contributed by atoms with Crippen LogP contribution in [0.5, 0.6) is 0 Å². The molecular weight excluding hydrogens is 410 g/mol. The minimum Gasteiger partial charge on any atom is -0.379 e. The number of imidazole rings is 1. The second-order valence-corrected chi connectivity index (χ2v) is 8.40. The van der Waals surface area contributed by atoms with Crippen molar-refractivity contribution in [3.63, 3.8) is 0 Å². The SMILES string of the molecule is C=Cc1ccc(-c2c(C)nc3c(NCc4cccc(CN5CCOCC5)c4)nccn23)cc1. The molecule has 6 nitrogen and oxygen atoms in total. The summed E-state index contributed by atoms with van der Waals surface area (Å²) in [5, 5.41) is 3.50. The number of benzene rings is 2. The zero-order valence-electron chi connectivity index (χ0n) is 19.0. The van der Waals surface area contributed by atoms with Crippen LogP contribution in [0.1, 0.15) is 22.4 Å². The Hall–Kier alpha value is -3.48. The Kier molecular flexibility index (Phi) is 6.19. The van der Waals surface area contributed by atoms with E-state index < -0.39 is 0 Å². The van der Waals surface area contributed by atoms with Gasteiger partial charge in [-0.05, 0) is 23.6 Å². The molecule has 3 heterocycles. The minimum absolute atomic E-state index is 0.693. The largest absolute Gasteiger partial charge is 0.379 e. The van der Waals surface area contributed by atoms with E-state index in [0.717, 1.165) is 66.8 Å². The Morgan fingerprint density at radius 2 is 1.88 bits per heavy atom. The number of aromatic nitrogens is 3. The Bertz CT molecular complexity index is 1260. The lowest BCUT2D eigenvalue weighted by molar-refractivity contribution is 0.0342. The highest BCUT2D eigenvalue weighted by molar-refractivity contribution is 5.73. The topological polar surface area (TPSA) is 54.7 Å². The van der Waals surface area contributed by atoms with Gasteiger partial charge in [0.25, 0.3) is 0 Å². The van der Waals surface area contributed by atoms with Crippen molar-refractivity contribution in [3.05, 3.63) is 89.9 Å². The van der Waals surface area contributed by atoms with Crippen molar-refractivity contribution < 1.29 is 4.74 Å². The van der Waals surface area contributed by atoms with Gasteiger partial charge in [-0.2, -0.15) is 0 Å². The molecule has 0 atom stereocenters. The lowest BCUT2D eigenvalue weighted by Crippen LogP contribution is -2.35. The van der Waals surface area contributed by atoms with Gasteiger partial charge in [-0.3, -0.25) is 9.30 Å². The molecule has 2 aromatic carbocycles. The van der Waals surface area contributed by atoms with Crippen molar-refractivity contribution in [2.24, 2.45) is 0 Å². The zero-order valence-corrected chi connectivity index (χ0v) is 19.0. The van der Waals surface area contributed by atoms with Gasteiger partial charge in [-0.15, -0.1) is 0 Å². The van der Waals surface area contributed by atoms with Gasteiger partial charge in [0.15, 0.2) is 11.5 Å². The molecule has 2 aromatic heterocycles.